The number of fused-ring (bicyclic) bond motifs is 1. The van der Waals surface area contributed by atoms with Crippen LogP contribution in [0, 0.1) is 0 Å². The summed E-state index contributed by atoms with van der Waals surface area (Å²) in [6, 6.07) is 4.59. The SMILES string of the molecule is CCCNCc1coc2c(C(C)(C)C)cc(CC)cc12. The molecule has 2 aromatic rings. The molecule has 2 heteroatoms. The molecule has 2 rings (SSSR count). The number of hydrogen-bond acceptors (Lipinski definition) is 2. The number of nitrogens with one attached hydrogen (secondary N) is 1. The Kier molecular flexibility index (Phi) is 4.54. The number of hydrogen-bond donors (Lipinski definition) is 1. The van der Waals surface area contributed by atoms with Gasteiger partial charge in [-0.1, -0.05) is 40.7 Å². The zero-order valence-electron chi connectivity index (χ0n) is 13.5. The molecule has 0 radical (unpaired) electrons. The Labute approximate surface area is 122 Å². The molecule has 1 aromatic carbocycles. The molecule has 1 N–H and O–H groups in total. The van der Waals surface area contributed by atoms with E-state index in [4.69, 9.17) is 4.42 Å². The quantitative estimate of drug-likeness (QED) is 0.792. The van der Waals surface area contributed by atoms with Gasteiger partial charge in [-0.05, 0) is 36.4 Å². The maximum atomic E-state index is 5.90. The van der Waals surface area contributed by atoms with Gasteiger partial charge in [0.1, 0.15) is 5.58 Å². The van der Waals surface area contributed by atoms with Crippen LogP contribution in [-0.4, -0.2) is 6.54 Å². The van der Waals surface area contributed by atoms with E-state index < -0.39 is 0 Å². The summed E-state index contributed by atoms with van der Waals surface area (Å²) in [4.78, 5) is 0. The number of aryl methyl sites for hydroxylation is 1. The molecule has 0 amide bonds. The van der Waals surface area contributed by atoms with Gasteiger partial charge in [0, 0.05) is 23.1 Å². The van der Waals surface area contributed by atoms with Crippen LogP contribution >= 0.6 is 0 Å². The average Bonchev–Trinajstić information content (AvgIpc) is 2.80. The maximum Gasteiger partial charge on any atom is 0.137 e. The molecule has 0 bridgehead atoms. The van der Waals surface area contributed by atoms with Gasteiger partial charge in [-0.3, -0.25) is 0 Å². The normalized spacial score (nSPS) is 12.2. The largest absolute Gasteiger partial charge is 0.464 e. The predicted octanol–water partition coefficient (Wildman–Crippen LogP) is 4.79. The minimum atomic E-state index is 0.107. The fraction of sp³-hybridized carbons (Fsp3) is 0.556. The minimum absolute atomic E-state index is 0.107. The molecular formula is C18H27NO. The van der Waals surface area contributed by atoms with Crippen molar-refractivity contribution in [2.45, 2.75) is 59.4 Å². The Bertz CT molecular complexity index is 575. The van der Waals surface area contributed by atoms with Crippen LogP contribution in [0.3, 0.4) is 0 Å². The standard InChI is InChI=1S/C18H27NO/c1-6-8-19-11-14-12-20-17-15(14)9-13(7-2)10-16(17)18(3,4)5/h9-10,12,19H,6-8,11H2,1-5H3. The number of furan rings is 1. The molecule has 0 aliphatic rings. The van der Waals surface area contributed by atoms with Crippen molar-refractivity contribution >= 4 is 11.0 Å². The Balaban J connectivity index is 2.48. The maximum absolute atomic E-state index is 5.90. The van der Waals surface area contributed by atoms with Gasteiger partial charge in [-0.15, -0.1) is 0 Å². The molecule has 20 heavy (non-hydrogen) atoms. The van der Waals surface area contributed by atoms with Crippen molar-refractivity contribution in [3.63, 3.8) is 0 Å². The summed E-state index contributed by atoms with van der Waals surface area (Å²) in [6.07, 6.45) is 4.14. The van der Waals surface area contributed by atoms with Crippen LogP contribution in [0.1, 0.15) is 57.7 Å². The van der Waals surface area contributed by atoms with Crippen LogP contribution in [0.25, 0.3) is 11.0 Å². The van der Waals surface area contributed by atoms with Gasteiger partial charge < -0.3 is 9.73 Å². The van der Waals surface area contributed by atoms with Crippen LogP contribution in [0.4, 0.5) is 0 Å². The molecule has 0 unspecified atom stereocenters. The summed E-state index contributed by atoms with van der Waals surface area (Å²) in [5.74, 6) is 0. The minimum Gasteiger partial charge on any atom is -0.464 e. The van der Waals surface area contributed by atoms with Crippen molar-refractivity contribution in [1.82, 2.24) is 5.32 Å². The fourth-order valence-corrected chi connectivity index (χ4v) is 2.55. The third-order valence-corrected chi connectivity index (χ3v) is 3.77. The van der Waals surface area contributed by atoms with Crippen molar-refractivity contribution in [2.24, 2.45) is 0 Å². The lowest BCUT2D eigenvalue weighted by Gasteiger charge is -2.20. The summed E-state index contributed by atoms with van der Waals surface area (Å²) in [5, 5.41) is 4.74. The first-order valence-corrected chi connectivity index (χ1v) is 7.71. The smallest absolute Gasteiger partial charge is 0.137 e. The van der Waals surface area contributed by atoms with E-state index in [2.05, 4.69) is 52.1 Å². The Hall–Kier alpha value is -1.28. The summed E-state index contributed by atoms with van der Waals surface area (Å²) < 4.78 is 5.90. The Morgan fingerprint density at radius 2 is 1.90 bits per heavy atom. The lowest BCUT2D eigenvalue weighted by molar-refractivity contribution is 0.555. The van der Waals surface area contributed by atoms with E-state index >= 15 is 0 Å². The van der Waals surface area contributed by atoms with E-state index in [1.165, 1.54) is 22.1 Å². The van der Waals surface area contributed by atoms with Crippen LogP contribution in [0.5, 0.6) is 0 Å². The molecule has 0 fully saturated rings. The van der Waals surface area contributed by atoms with Crippen LogP contribution in [-0.2, 0) is 18.4 Å². The highest BCUT2D eigenvalue weighted by molar-refractivity contribution is 5.85. The predicted molar refractivity (Wildman–Crippen MR) is 86.3 cm³/mol. The highest BCUT2D eigenvalue weighted by Crippen LogP contribution is 2.34. The molecule has 110 valence electrons. The molecule has 0 atom stereocenters. The van der Waals surface area contributed by atoms with Crippen molar-refractivity contribution < 1.29 is 4.42 Å². The molecule has 1 heterocycles. The molecule has 0 spiro atoms. The topological polar surface area (TPSA) is 25.2 Å². The van der Waals surface area contributed by atoms with Crippen molar-refractivity contribution in [3.05, 3.63) is 35.1 Å². The molecule has 1 aromatic heterocycles. The van der Waals surface area contributed by atoms with Gasteiger partial charge in [0.2, 0.25) is 0 Å². The van der Waals surface area contributed by atoms with Crippen molar-refractivity contribution in [2.75, 3.05) is 6.54 Å². The lowest BCUT2D eigenvalue weighted by Crippen LogP contribution is -2.14. The highest BCUT2D eigenvalue weighted by Gasteiger charge is 2.21. The Morgan fingerprint density at radius 1 is 1.15 bits per heavy atom. The van der Waals surface area contributed by atoms with E-state index in [0.29, 0.717) is 0 Å². The second kappa shape index (κ2) is 6.01. The molecule has 2 nitrogen and oxygen atoms in total. The van der Waals surface area contributed by atoms with E-state index in [1.54, 1.807) is 0 Å². The first-order valence-electron chi connectivity index (χ1n) is 7.71. The summed E-state index contributed by atoms with van der Waals surface area (Å²) in [7, 11) is 0. The van der Waals surface area contributed by atoms with E-state index in [-0.39, 0.29) is 5.41 Å². The number of benzene rings is 1. The summed E-state index contributed by atoms with van der Waals surface area (Å²) in [5.41, 5.74) is 5.14. The van der Waals surface area contributed by atoms with Crippen LogP contribution in [0.2, 0.25) is 0 Å². The molecule has 0 saturated carbocycles. The van der Waals surface area contributed by atoms with Gasteiger partial charge in [0.05, 0.1) is 6.26 Å². The third kappa shape index (κ3) is 3.06. The number of rotatable bonds is 5. The van der Waals surface area contributed by atoms with E-state index in [0.717, 1.165) is 31.5 Å². The Morgan fingerprint density at radius 3 is 2.50 bits per heavy atom. The van der Waals surface area contributed by atoms with Crippen LogP contribution in [0.15, 0.2) is 22.8 Å². The van der Waals surface area contributed by atoms with E-state index in [1.807, 2.05) is 6.26 Å². The van der Waals surface area contributed by atoms with Gasteiger partial charge in [0.15, 0.2) is 0 Å². The van der Waals surface area contributed by atoms with Crippen LogP contribution < -0.4 is 5.32 Å². The second-order valence-electron chi connectivity index (χ2n) is 6.56. The van der Waals surface area contributed by atoms with Crippen molar-refractivity contribution in [3.8, 4) is 0 Å². The molecule has 0 aliphatic heterocycles. The summed E-state index contributed by atoms with van der Waals surface area (Å²) >= 11 is 0. The second-order valence-corrected chi connectivity index (χ2v) is 6.56. The zero-order valence-corrected chi connectivity index (χ0v) is 13.5. The van der Waals surface area contributed by atoms with Gasteiger partial charge in [-0.25, -0.2) is 0 Å². The van der Waals surface area contributed by atoms with E-state index in [9.17, 15) is 0 Å². The lowest BCUT2D eigenvalue weighted by atomic mass is 9.84. The molecular weight excluding hydrogens is 246 g/mol. The molecule has 0 aliphatic carbocycles. The zero-order chi connectivity index (χ0) is 14.8. The molecule has 0 saturated heterocycles. The fourth-order valence-electron chi connectivity index (χ4n) is 2.55. The third-order valence-electron chi connectivity index (χ3n) is 3.77. The van der Waals surface area contributed by atoms with Gasteiger partial charge >= 0.3 is 0 Å². The average molecular weight is 273 g/mol. The summed E-state index contributed by atoms with van der Waals surface area (Å²) in [6.45, 7) is 13.1. The van der Waals surface area contributed by atoms with Crippen molar-refractivity contribution in [1.29, 1.82) is 0 Å². The first-order chi connectivity index (χ1) is 9.47. The van der Waals surface area contributed by atoms with Gasteiger partial charge in [0.25, 0.3) is 0 Å². The highest BCUT2D eigenvalue weighted by atomic mass is 16.3. The monoisotopic (exact) mass is 273 g/mol. The first kappa shape index (κ1) is 15.1. The van der Waals surface area contributed by atoms with Gasteiger partial charge in [-0.2, -0.15) is 0 Å².